The summed E-state index contributed by atoms with van der Waals surface area (Å²) in [5.74, 6) is 0.0334. The van der Waals surface area contributed by atoms with E-state index in [1.54, 1.807) is 11.7 Å². The summed E-state index contributed by atoms with van der Waals surface area (Å²) < 4.78 is 34.4. The van der Waals surface area contributed by atoms with Crippen molar-refractivity contribution >= 4 is 32.5 Å². The zero-order valence-corrected chi connectivity index (χ0v) is 20.8. The van der Waals surface area contributed by atoms with E-state index < -0.39 is 10.0 Å². The van der Waals surface area contributed by atoms with E-state index in [-0.39, 0.29) is 17.2 Å². The van der Waals surface area contributed by atoms with Crippen LogP contribution in [0.4, 0.5) is 5.69 Å². The number of benzene rings is 2. The highest BCUT2D eigenvalue weighted by Crippen LogP contribution is 2.47. The Bertz CT molecular complexity index is 1370. The number of nitrogens with one attached hydrogen (secondary N) is 1. The number of amides is 1. The largest absolute Gasteiger partial charge is 0.380 e. The lowest BCUT2D eigenvalue weighted by Crippen LogP contribution is -2.50. The first-order valence-electron chi connectivity index (χ1n) is 11.5. The van der Waals surface area contributed by atoms with Crippen LogP contribution in [0.25, 0.3) is 16.6 Å². The molecule has 5 rings (SSSR count). The Balaban J connectivity index is 1.73. The van der Waals surface area contributed by atoms with Gasteiger partial charge in [0.15, 0.2) is 0 Å². The fourth-order valence-electron chi connectivity index (χ4n) is 4.55. The molecule has 0 atom stereocenters. The molecule has 1 aliphatic heterocycles. The summed E-state index contributed by atoms with van der Waals surface area (Å²) in [7, 11) is -1.94. The molecule has 2 aromatic carbocycles. The summed E-state index contributed by atoms with van der Waals surface area (Å²) in [4.78, 5) is 13.0. The Morgan fingerprint density at radius 3 is 2.44 bits per heavy atom. The average Bonchev–Trinajstić information content (AvgIpc) is 3.55. The third kappa shape index (κ3) is 4.07. The van der Waals surface area contributed by atoms with Crippen LogP contribution in [0.3, 0.4) is 0 Å². The molecule has 8 nitrogen and oxygen atoms in total. The third-order valence-corrected chi connectivity index (χ3v) is 7.78. The van der Waals surface area contributed by atoms with Crippen LogP contribution >= 0.6 is 0 Å². The molecule has 1 aliphatic carbocycles. The molecule has 0 unspecified atom stereocenters. The average molecular weight is 483 g/mol. The fourth-order valence-corrected chi connectivity index (χ4v) is 5.62. The minimum absolute atomic E-state index is 0.229. The van der Waals surface area contributed by atoms with Gasteiger partial charge in [-0.2, -0.15) is 5.10 Å². The van der Waals surface area contributed by atoms with Gasteiger partial charge in [-0.3, -0.25) is 9.10 Å². The quantitative estimate of drug-likeness (QED) is 0.557. The van der Waals surface area contributed by atoms with Crippen molar-refractivity contribution in [3.8, 4) is 5.69 Å². The van der Waals surface area contributed by atoms with Crippen LogP contribution in [0.2, 0.25) is 0 Å². The maximum absolute atomic E-state index is 13.0. The molecule has 2 aliphatic rings. The highest BCUT2D eigenvalue weighted by molar-refractivity contribution is 7.92. The maximum Gasteiger partial charge on any atom is 0.270 e. The van der Waals surface area contributed by atoms with Gasteiger partial charge in [-0.1, -0.05) is 24.6 Å². The molecule has 1 aromatic heterocycles. The van der Waals surface area contributed by atoms with Crippen LogP contribution in [0.1, 0.15) is 47.3 Å². The van der Waals surface area contributed by atoms with Crippen molar-refractivity contribution in [2.75, 3.05) is 37.4 Å². The Hall–Kier alpha value is -2.91. The molecular weight excluding hydrogens is 452 g/mol. The summed E-state index contributed by atoms with van der Waals surface area (Å²) in [5.41, 5.74) is 4.29. The second-order valence-corrected chi connectivity index (χ2v) is 11.9. The fraction of sp³-hybridized carbons (Fsp3) is 0.440. The van der Waals surface area contributed by atoms with Gasteiger partial charge in [0.2, 0.25) is 10.0 Å². The molecule has 180 valence electrons. The zero-order chi connectivity index (χ0) is 24.3. The van der Waals surface area contributed by atoms with E-state index in [2.05, 4.69) is 5.32 Å². The molecule has 3 aromatic rings. The normalized spacial score (nSPS) is 17.4. The van der Waals surface area contributed by atoms with Crippen molar-refractivity contribution in [2.45, 2.75) is 32.6 Å². The molecule has 34 heavy (non-hydrogen) atoms. The van der Waals surface area contributed by atoms with Gasteiger partial charge in [0, 0.05) is 24.4 Å². The SMILES string of the molecule is CNC(=O)c1c2cc(C3CC3)c(N(CC3(C)COC3)S(C)(=O)=O)cc2nn1-c1ccc(C)cc1. The highest BCUT2D eigenvalue weighted by atomic mass is 32.2. The van der Waals surface area contributed by atoms with Crippen LogP contribution in [0.5, 0.6) is 0 Å². The van der Waals surface area contributed by atoms with Crippen molar-refractivity contribution in [1.29, 1.82) is 0 Å². The molecule has 0 bridgehead atoms. The lowest BCUT2D eigenvalue weighted by Gasteiger charge is -2.42. The molecule has 9 heteroatoms. The van der Waals surface area contributed by atoms with Crippen LogP contribution in [-0.4, -0.2) is 57.2 Å². The molecule has 2 fully saturated rings. The first-order valence-corrected chi connectivity index (χ1v) is 13.4. The van der Waals surface area contributed by atoms with E-state index >= 15 is 0 Å². The second kappa shape index (κ2) is 8.09. The predicted molar refractivity (Wildman–Crippen MR) is 132 cm³/mol. The van der Waals surface area contributed by atoms with E-state index in [1.807, 2.05) is 50.2 Å². The summed E-state index contributed by atoms with van der Waals surface area (Å²) in [5, 5.41) is 8.22. The predicted octanol–water partition coefficient (Wildman–Crippen LogP) is 3.37. The second-order valence-electron chi connectivity index (χ2n) is 9.95. The van der Waals surface area contributed by atoms with Gasteiger partial charge < -0.3 is 10.1 Å². The van der Waals surface area contributed by atoms with E-state index in [1.165, 1.54) is 10.6 Å². The lowest BCUT2D eigenvalue weighted by molar-refractivity contribution is -0.0940. The first-order chi connectivity index (χ1) is 16.1. The van der Waals surface area contributed by atoms with E-state index in [0.717, 1.165) is 35.0 Å². The number of sulfonamides is 1. The number of carbonyl (C=O) groups excluding carboxylic acids is 1. The topological polar surface area (TPSA) is 93.5 Å². The minimum atomic E-state index is -3.54. The summed E-state index contributed by atoms with van der Waals surface area (Å²) in [6.45, 7) is 5.45. The third-order valence-electron chi connectivity index (χ3n) is 6.65. The number of hydrogen-bond acceptors (Lipinski definition) is 5. The van der Waals surface area contributed by atoms with Gasteiger partial charge in [0.05, 0.1) is 36.4 Å². The van der Waals surface area contributed by atoms with Crippen molar-refractivity contribution < 1.29 is 17.9 Å². The van der Waals surface area contributed by atoms with Crippen molar-refractivity contribution in [3.63, 3.8) is 0 Å². The minimum Gasteiger partial charge on any atom is -0.380 e. The summed E-state index contributed by atoms with van der Waals surface area (Å²) in [6.07, 6.45) is 3.24. The number of ether oxygens (including phenoxy) is 1. The number of hydrogen-bond donors (Lipinski definition) is 1. The number of anilines is 1. The Labute approximate surface area is 199 Å². The molecule has 0 spiro atoms. The molecule has 1 N–H and O–H groups in total. The number of rotatable bonds is 7. The van der Waals surface area contributed by atoms with Gasteiger partial charge in [0.25, 0.3) is 5.91 Å². The number of nitrogens with zero attached hydrogens (tertiary/aromatic N) is 3. The van der Waals surface area contributed by atoms with Gasteiger partial charge in [-0.15, -0.1) is 0 Å². The van der Waals surface area contributed by atoms with Crippen molar-refractivity contribution in [1.82, 2.24) is 15.1 Å². The van der Waals surface area contributed by atoms with Gasteiger partial charge in [-0.25, -0.2) is 13.1 Å². The molecule has 1 saturated heterocycles. The lowest BCUT2D eigenvalue weighted by atomic mass is 9.88. The maximum atomic E-state index is 13.0. The molecule has 2 heterocycles. The number of carbonyl (C=O) groups is 1. The smallest absolute Gasteiger partial charge is 0.270 e. The summed E-state index contributed by atoms with van der Waals surface area (Å²) in [6, 6.07) is 11.6. The molecule has 1 amide bonds. The van der Waals surface area contributed by atoms with Gasteiger partial charge in [-0.05, 0) is 55.5 Å². The van der Waals surface area contributed by atoms with Crippen molar-refractivity contribution in [2.24, 2.45) is 5.41 Å². The van der Waals surface area contributed by atoms with Crippen molar-refractivity contribution in [3.05, 3.63) is 53.2 Å². The monoisotopic (exact) mass is 482 g/mol. The number of aromatic nitrogens is 2. The van der Waals surface area contributed by atoms with E-state index in [4.69, 9.17) is 9.84 Å². The van der Waals surface area contributed by atoms with E-state index in [0.29, 0.717) is 36.7 Å². The van der Waals surface area contributed by atoms with Crippen LogP contribution in [0.15, 0.2) is 36.4 Å². The Morgan fingerprint density at radius 2 is 1.91 bits per heavy atom. The van der Waals surface area contributed by atoms with Crippen LogP contribution in [0, 0.1) is 12.3 Å². The molecule has 1 saturated carbocycles. The van der Waals surface area contributed by atoms with Crippen LogP contribution < -0.4 is 9.62 Å². The first kappa shape index (κ1) is 22.9. The summed E-state index contributed by atoms with van der Waals surface area (Å²) >= 11 is 0. The number of aryl methyl sites for hydroxylation is 1. The highest BCUT2D eigenvalue weighted by Gasteiger charge is 2.40. The van der Waals surface area contributed by atoms with Gasteiger partial charge >= 0.3 is 0 Å². The Morgan fingerprint density at radius 1 is 1.24 bits per heavy atom. The van der Waals surface area contributed by atoms with Gasteiger partial charge in [0.1, 0.15) is 5.69 Å². The Kier molecular flexibility index (Phi) is 5.44. The molecular formula is C25H30N4O4S. The molecule has 0 radical (unpaired) electrons. The number of fused-ring (bicyclic) bond motifs is 1. The van der Waals surface area contributed by atoms with Crippen LogP contribution in [-0.2, 0) is 14.8 Å². The standard InChI is InChI=1S/C25H30N4O4S/c1-16-5-9-18(10-6-16)29-23(24(30)26-3)20-11-19(17-7-8-17)22(12-21(20)27-29)28(34(4,31)32)13-25(2)14-33-15-25/h5-6,9-12,17H,7-8,13-15H2,1-4H3,(H,26,30). The van der Waals surface area contributed by atoms with E-state index in [9.17, 15) is 13.2 Å². The zero-order valence-electron chi connectivity index (χ0n) is 20.0.